The van der Waals surface area contributed by atoms with Crippen molar-refractivity contribution in [1.82, 2.24) is 10.0 Å². The van der Waals surface area contributed by atoms with Gasteiger partial charge in [-0.05, 0) is 18.8 Å². The molecule has 0 saturated heterocycles. The Morgan fingerprint density at radius 3 is 1.95 bits per heavy atom. The molecule has 0 unspecified atom stereocenters. The molecule has 0 heterocycles. The smallest absolute Gasteiger partial charge is 0.0370 e. The van der Waals surface area contributed by atoms with Crippen LogP contribution in [-0.2, 0) is 0 Å². The maximum absolute atomic E-state index is 4.32. The van der Waals surface area contributed by atoms with Gasteiger partial charge in [0.1, 0.15) is 0 Å². The fourth-order valence-corrected chi connectivity index (χ4v) is 2.61. The van der Waals surface area contributed by atoms with Gasteiger partial charge < -0.3 is 5.01 Å². The fourth-order valence-electron chi connectivity index (χ4n) is 2.61. The lowest BCUT2D eigenvalue weighted by Crippen LogP contribution is -2.39. The van der Waals surface area contributed by atoms with E-state index in [1.54, 1.807) is 0 Å². The monoisotopic (exact) mass is 282 g/mol. The van der Waals surface area contributed by atoms with Gasteiger partial charge in [0.05, 0.1) is 0 Å². The van der Waals surface area contributed by atoms with Gasteiger partial charge in [0.2, 0.25) is 0 Å². The summed E-state index contributed by atoms with van der Waals surface area (Å²) in [5.74, 6) is 0.777. The van der Waals surface area contributed by atoms with Gasteiger partial charge in [0.15, 0.2) is 0 Å². The Labute approximate surface area is 128 Å². The van der Waals surface area contributed by atoms with Crippen LogP contribution in [0.15, 0.2) is 12.3 Å². The summed E-state index contributed by atoms with van der Waals surface area (Å²) in [5, 5.41) is 4.58. The van der Waals surface area contributed by atoms with E-state index < -0.39 is 0 Å². The summed E-state index contributed by atoms with van der Waals surface area (Å²) in [5.41, 5.74) is 1.29. The van der Waals surface area contributed by atoms with Crippen LogP contribution in [0.1, 0.15) is 78.6 Å². The van der Waals surface area contributed by atoms with Crippen molar-refractivity contribution in [2.24, 2.45) is 5.92 Å². The number of hydrogen-bond acceptors (Lipinski definition) is 2. The van der Waals surface area contributed by atoms with Crippen LogP contribution in [0.5, 0.6) is 0 Å². The highest BCUT2D eigenvalue weighted by Crippen LogP contribution is 2.18. The molecule has 0 saturated carbocycles. The summed E-state index contributed by atoms with van der Waals surface area (Å²) in [6.07, 6.45) is 11.8. The Kier molecular flexibility index (Phi) is 12.0. The SMILES string of the molecule is C=C(CCCCCCCC)N(CC(CC)CC)N(C)C. The van der Waals surface area contributed by atoms with Crippen LogP contribution < -0.4 is 0 Å². The van der Waals surface area contributed by atoms with Gasteiger partial charge in [-0.3, -0.25) is 0 Å². The lowest BCUT2D eigenvalue weighted by molar-refractivity contribution is 0.0427. The minimum atomic E-state index is 0.777. The number of allylic oxidation sites excluding steroid dienone is 1. The maximum Gasteiger partial charge on any atom is 0.0370 e. The third-order valence-electron chi connectivity index (χ3n) is 4.25. The topological polar surface area (TPSA) is 6.48 Å². The second-order valence-corrected chi connectivity index (χ2v) is 6.20. The summed E-state index contributed by atoms with van der Waals surface area (Å²) in [4.78, 5) is 0. The van der Waals surface area contributed by atoms with E-state index in [0.29, 0.717) is 0 Å². The molecule has 0 aromatic heterocycles. The molecule has 0 radical (unpaired) electrons. The number of hydrazine groups is 1. The van der Waals surface area contributed by atoms with E-state index in [2.05, 4.69) is 51.5 Å². The van der Waals surface area contributed by atoms with E-state index >= 15 is 0 Å². The lowest BCUT2D eigenvalue weighted by atomic mass is 10.0. The lowest BCUT2D eigenvalue weighted by Gasteiger charge is -2.35. The van der Waals surface area contributed by atoms with Crippen molar-refractivity contribution in [3.63, 3.8) is 0 Å². The van der Waals surface area contributed by atoms with E-state index in [-0.39, 0.29) is 0 Å². The van der Waals surface area contributed by atoms with Crippen molar-refractivity contribution in [2.75, 3.05) is 20.6 Å². The van der Waals surface area contributed by atoms with E-state index in [0.717, 1.165) is 18.9 Å². The Balaban J connectivity index is 4.04. The predicted molar refractivity (Wildman–Crippen MR) is 91.6 cm³/mol. The summed E-state index contributed by atoms with van der Waals surface area (Å²) < 4.78 is 0. The van der Waals surface area contributed by atoms with Gasteiger partial charge in [-0.25, -0.2) is 5.01 Å². The minimum Gasteiger partial charge on any atom is -0.311 e. The molecule has 0 spiro atoms. The Morgan fingerprint density at radius 1 is 0.900 bits per heavy atom. The first-order valence-corrected chi connectivity index (χ1v) is 8.69. The van der Waals surface area contributed by atoms with Crippen LogP contribution in [0.2, 0.25) is 0 Å². The molecule has 0 atom stereocenters. The molecule has 0 rings (SSSR count). The molecule has 120 valence electrons. The molecular formula is C18H38N2. The molecule has 2 nitrogen and oxygen atoms in total. The van der Waals surface area contributed by atoms with Crippen molar-refractivity contribution < 1.29 is 0 Å². The minimum absolute atomic E-state index is 0.777. The zero-order chi connectivity index (χ0) is 15.4. The van der Waals surface area contributed by atoms with Crippen molar-refractivity contribution in [3.05, 3.63) is 12.3 Å². The summed E-state index contributed by atoms with van der Waals surface area (Å²) >= 11 is 0. The van der Waals surface area contributed by atoms with Crippen LogP contribution in [0.3, 0.4) is 0 Å². The van der Waals surface area contributed by atoms with Crippen molar-refractivity contribution >= 4 is 0 Å². The second-order valence-electron chi connectivity index (χ2n) is 6.20. The summed E-state index contributed by atoms with van der Waals surface area (Å²) in [6.45, 7) is 12.3. The summed E-state index contributed by atoms with van der Waals surface area (Å²) in [6, 6.07) is 0. The zero-order valence-corrected chi connectivity index (χ0v) is 14.7. The van der Waals surface area contributed by atoms with Crippen molar-refractivity contribution in [2.45, 2.75) is 78.6 Å². The number of nitrogens with zero attached hydrogens (tertiary/aromatic N) is 2. The highest BCUT2D eigenvalue weighted by molar-refractivity contribution is 4.92. The molecule has 0 aliphatic heterocycles. The standard InChI is InChI=1S/C18H38N2/c1-7-10-11-12-13-14-15-17(4)20(19(5)6)16-18(8-2)9-3/h18H,4,7-16H2,1-3,5-6H3. The molecule has 0 aliphatic rings. The third-order valence-corrected chi connectivity index (χ3v) is 4.25. The molecule has 2 heteroatoms. The predicted octanol–water partition coefficient (Wildman–Crippen LogP) is 5.47. The Morgan fingerprint density at radius 2 is 1.45 bits per heavy atom. The highest BCUT2D eigenvalue weighted by atomic mass is 15.6. The molecular weight excluding hydrogens is 244 g/mol. The van der Waals surface area contributed by atoms with Gasteiger partial charge in [0, 0.05) is 26.3 Å². The largest absolute Gasteiger partial charge is 0.311 e. The molecule has 0 aliphatic carbocycles. The van der Waals surface area contributed by atoms with Gasteiger partial charge in [-0.15, -0.1) is 0 Å². The molecule has 0 aromatic carbocycles. The van der Waals surface area contributed by atoms with E-state index in [1.165, 1.54) is 57.1 Å². The average molecular weight is 283 g/mol. The van der Waals surface area contributed by atoms with Gasteiger partial charge in [-0.2, -0.15) is 0 Å². The number of hydrogen-bond donors (Lipinski definition) is 0. The molecule has 0 bridgehead atoms. The Hall–Kier alpha value is -0.500. The molecule has 20 heavy (non-hydrogen) atoms. The highest BCUT2D eigenvalue weighted by Gasteiger charge is 2.14. The van der Waals surface area contributed by atoms with Gasteiger partial charge in [0.25, 0.3) is 0 Å². The van der Waals surface area contributed by atoms with E-state index in [9.17, 15) is 0 Å². The van der Waals surface area contributed by atoms with Crippen LogP contribution in [0.4, 0.5) is 0 Å². The van der Waals surface area contributed by atoms with Gasteiger partial charge >= 0.3 is 0 Å². The third kappa shape index (κ3) is 8.63. The Bertz CT molecular complexity index is 232. The normalized spacial score (nSPS) is 11.3. The maximum atomic E-state index is 4.32. The first-order chi connectivity index (χ1) is 9.56. The number of rotatable bonds is 13. The fraction of sp³-hybridized carbons (Fsp3) is 0.889. The van der Waals surface area contributed by atoms with Crippen LogP contribution in [-0.4, -0.2) is 30.7 Å². The second kappa shape index (κ2) is 12.3. The van der Waals surface area contributed by atoms with Crippen LogP contribution >= 0.6 is 0 Å². The van der Waals surface area contributed by atoms with Gasteiger partial charge in [-0.1, -0.05) is 72.3 Å². The molecule has 0 aromatic rings. The van der Waals surface area contributed by atoms with Crippen molar-refractivity contribution in [3.8, 4) is 0 Å². The van der Waals surface area contributed by atoms with Crippen LogP contribution in [0, 0.1) is 5.92 Å². The zero-order valence-electron chi connectivity index (χ0n) is 14.7. The quantitative estimate of drug-likeness (QED) is 0.327. The van der Waals surface area contributed by atoms with Crippen molar-refractivity contribution in [1.29, 1.82) is 0 Å². The first kappa shape index (κ1) is 19.5. The molecule has 0 fully saturated rings. The average Bonchev–Trinajstić information content (AvgIpc) is 2.43. The summed E-state index contributed by atoms with van der Waals surface area (Å²) in [7, 11) is 4.27. The van der Waals surface area contributed by atoms with Crippen LogP contribution in [0.25, 0.3) is 0 Å². The molecule has 0 N–H and O–H groups in total. The molecule has 0 amide bonds. The van der Waals surface area contributed by atoms with E-state index in [1.807, 2.05) is 0 Å². The number of unbranched alkanes of at least 4 members (excludes halogenated alkanes) is 5. The van der Waals surface area contributed by atoms with E-state index in [4.69, 9.17) is 0 Å². The first-order valence-electron chi connectivity index (χ1n) is 8.69.